The number of phenols is 1. The number of nitrogens with zero attached hydrogens (tertiary/aromatic N) is 2. The first-order chi connectivity index (χ1) is 11.8. The van der Waals surface area contributed by atoms with Gasteiger partial charge in [-0.25, -0.2) is 4.39 Å². The van der Waals surface area contributed by atoms with Gasteiger partial charge in [0.2, 0.25) is 5.91 Å². The number of amides is 1. The van der Waals surface area contributed by atoms with Crippen molar-refractivity contribution in [3.05, 3.63) is 65.5 Å². The second kappa shape index (κ2) is 7.90. The van der Waals surface area contributed by atoms with E-state index >= 15 is 0 Å². The molecule has 0 saturated heterocycles. The number of carbonyl (C=O) groups is 2. The summed E-state index contributed by atoms with van der Waals surface area (Å²) in [6.45, 7) is -0.108. The third-order valence-electron chi connectivity index (χ3n) is 3.86. The third kappa shape index (κ3) is 4.64. The Morgan fingerprint density at radius 3 is 2.28 bits per heavy atom. The summed E-state index contributed by atoms with van der Waals surface area (Å²) in [5.41, 5.74) is 0.934. The molecule has 0 fully saturated rings. The van der Waals surface area contributed by atoms with Crippen LogP contribution in [0.25, 0.3) is 0 Å². The minimum absolute atomic E-state index is 0.0692. The summed E-state index contributed by atoms with van der Waals surface area (Å²) < 4.78 is 13.5. The highest BCUT2D eigenvalue weighted by Crippen LogP contribution is 2.21. The molecule has 132 valence electrons. The molecule has 2 aromatic carbocycles. The Balaban J connectivity index is 2.15. The van der Waals surface area contributed by atoms with Gasteiger partial charge in [0.1, 0.15) is 17.6 Å². The van der Waals surface area contributed by atoms with E-state index in [-0.39, 0.29) is 24.0 Å². The van der Waals surface area contributed by atoms with Crippen molar-refractivity contribution in [1.29, 1.82) is 0 Å². The maximum absolute atomic E-state index is 13.5. The van der Waals surface area contributed by atoms with Crippen molar-refractivity contribution in [3.63, 3.8) is 0 Å². The number of ketones is 1. The Bertz CT molecular complexity index is 760. The van der Waals surface area contributed by atoms with Crippen molar-refractivity contribution in [2.45, 2.75) is 6.04 Å². The van der Waals surface area contributed by atoms with Crippen LogP contribution in [-0.4, -0.2) is 54.3 Å². The number of likely N-dealkylation sites (N-methyl/N-ethyl adjacent to an activating group) is 2. The molecule has 0 aliphatic carbocycles. The summed E-state index contributed by atoms with van der Waals surface area (Å²) in [6, 6.07) is 11.0. The number of benzene rings is 2. The van der Waals surface area contributed by atoms with Crippen molar-refractivity contribution in [2.75, 3.05) is 27.7 Å². The van der Waals surface area contributed by atoms with Crippen molar-refractivity contribution >= 4 is 11.7 Å². The first-order valence-electron chi connectivity index (χ1n) is 7.78. The topological polar surface area (TPSA) is 60.9 Å². The molecule has 1 unspecified atom stereocenters. The molecule has 0 bridgehead atoms. The molecule has 0 saturated carbocycles. The number of phenolic OH excluding ortho intramolecular Hbond substituents is 1. The largest absolute Gasteiger partial charge is 0.508 e. The Morgan fingerprint density at radius 1 is 1.08 bits per heavy atom. The van der Waals surface area contributed by atoms with Crippen molar-refractivity contribution in [2.24, 2.45) is 0 Å². The van der Waals surface area contributed by atoms with E-state index in [0.717, 1.165) is 0 Å². The van der Waals surface area contributed by atoms with Crippen LogP contribution >= 0.6 is 0 Å². The quantitative estimate of drug-likeness (QED) is 0.818. The number of rotatable bonds is 6. The predicted molar refractivity (Wildman–Crippen MR) is 92.9 cm³/mol. The Kier molecular flexibility index (Phi) is 5.88. The molecule has 0 aromatic heterocycles. The van der Waals surface area contributed by atoms with Crippen LogP contribution < -0.4 is 0 Å². The lowest BCUT2D eigenvalue weighted by Gasteiger charge is -2.28. The van der Waals surface area contributed by atoms with E-state index in [1.807, 2.05) is 0 Å². The highest BCUT2D eigenvalue weighted by Gasteiger charge is 2.27. The van der Waals surface area contributed by atoms with Gasteiger partial charge in [0.25, 0.3) is 0 Å². The molecule has 2 rings (SSSR count). The van der Waals surface area contributed by atoms with Crippen LogP contribution in [0.5, 0.6) is 5.75 Å². The fourth-order valence-electron chi connectivity index (χ4n) is 2.58. The number of hydrogen-bond donors (Lipinski definition) is 1. The average Bonchev–Trinajstić information content (AvgIpc) is 2.55. The first kappa shape index (κ1) is 18.6. The van der Waals surface area contributed by atoms with Crippen LogP contribution in [-0.2, 0) is 4.79 Å². The van der Waals surface area contributed by atoms with E-state index in [2.05, 4.69) is 0 Å². The zero-order valence-electron chi connectivity index (χ0n) is 14.4. The molecule has 0 radical (unpaired) electrons. The minimum Gasteiger partial charge on any atom is -0.508 e. The normalized spacial score (nSPS) is 12.0. The van der Waals surface area contributed by atoms with Crippen LogP contribution in [0.3, 0.4) is 0 Å². The summed E-state index contributed by atoms with van der Waals surface area (Å²) in [5.74, 6) is -0.893. The van der Waals surface area contributed by atoms with E-state index in [1.54, 1.807) is 31.1 Å². The fraction of sp³-hybridized carbons (Fsp3) is 0.263. The second-order valence-corrected chi connectivity index (χ2v) is 6.09. The van der Waals surface area contributed by atoms with Gasteiger partial charge in [-0.3, -0.25) is 14.5 Å². The molecule has 0 heterocycles. The molecule has 1 N–H and O–H groups in total. The van der Waals surface area contributed by atoms with Gasteiger partial charge in [-0.15, -0.1) is 0 Å². The van der Waals surface area contributed by atoms with Crippen molar-refractivity contribution < 1.29 is 19.1 Å². The highest BCUT2D eigenvalue weighted by molar-refractivity contribution is 5.99. The number of halogens is 1. The Labute approximate surface area is 146 Å². The zero-order chi connectivity index (χ0) is 18.6. The van der Waals surface area contributed by atoms with Gasteiger partial charge in [0.15, 0.2) is 5.78 Å². The van der Waals surface area contributed by atoms with E-state index in [0.29, 0.717) is 11.1 Å². The van der Waals surface area contributed by atoms with Gasteiger partial charge >= 0.3 is 0 Å². The van der Waals surface area contributed by atoms with Gasteiger partial charge < -0.3 is 10.0 Å². The lowest BCUT2D eigenvalue weighted by atomic mass is 10.0. The van der Waals surface area contributed by atoms with Crippen molar-refractivity contribution in [1.82, 2.24) is 9.80 Å². The molecule has 5 nitrogen and oxygen atoms in total. The highest BCUT2D eigenvalue weighted by atomic mass is 19.1. The summed E-state index contributed by atoms with van der Waals surface area (Å²) >= 11 is 0. The second-order valence-electron chi connectivity index (χ2n) is 6.09. The summed E-state index contributed by atoms with van der Waals surface area (Å²) in [7, 11) is 4.99. The molecule has 1 atom stereocenters. The lowest BCUT2D eigenvalue weighted by molar-refractivity contribution is -0.134. The number of carbonyl (C=O) groups excluding carboxylic acids is 2. The number of Topliss-reactive ketones (excluding diaryl/α,β-unsaturated/α-hetero) is 1. The average molecular weight is 344 g/mol. The molecule has 6 heteroatoms. The lowest BCUT2D eigenvalue weighted by Crippen LogP contribution is -2.40. The molecular formula is C19H21FN2O3. The van der Waals surface area contributed by atoms with Gasteiger partial charge in [0, 0.05) is 12.6 Å². The molecule has 0 aliphatic heterocycles. The molecule has 2 aromatic rings. The maximum atomic E-state index is 13.5. The van der Waals surface area contributed by atoms with E-state index in [9.17, 15) is 19.1 Å². The van der Waals surface area contributed by atoms with Gasteiger partial charge in [-0.2, -0.15) is 0 Å². The predicted octanol–water partition coefficient (Wildman–Crippen LogP) is 2.48. The van der Waals surface area contributed by atoms with E-state index in [1.165, 1.54) is 48.3 Å². The smallest absolute Gasteiger partial charge is 0.244 e. The Morgan fingerprint density at radius 2 is 1.72 bits per heavy atom. The van der Waals surface area contributed by atoms with Crippen LogP contribution in [0.4, 0.5) is 4.39 Å². The van der Waals surface area contributed by atoms with Gasteiger partial charge in [-0.05, 0) is 56.1 Å². The number of hydrogen-bond acceptors (Lipinski definition) is 4. The van der Waals surface area contributed by atoms with E-state index < -0.39 is 11.9 Å². The van der Waals surface area contributed by atoms with Crippen LogP contribution in [0.1, 0.15) is 22.0 Å². The summed E-state index contributed by atoms with van der Waals surface area (Å²) in [6.07, 6.45) is 0. The van der Waals surface area contributed by atoms with Gasteiger partial charge in [0.05, 0.1) is 6.54 Å². The summed E-state index contributed by atoms with van der Waals surface area (Å²) in [4.78, 5) is 28.1. The molecule has 0 aliphatic rings. The zero-order valence-corrected chi connectivity index (χ0v) is 14.4. The fourth-order valence-corrected chi connectivity index (χ4v) is 2.58. The maximum Gasteiger partial charge on any atom is 0.244 e. The van der Waals surface area contributed by atoms with E-state index in [4.69, 9.17) is 0 Å². The Hall–Kier alpha value is -2.73. The standard InChI is InChI=1S/C19H21FN2O3/c1-21(2)18(14-5-4-6-15(20)11-14)19(25)22(3)12-17(24)13-7-9-16(23)10-8-13/h4-11,18,23H,12H2,1-3H3. The van der Waals surface area contributed by atoms with Crippen molar-refractivity contribution in [3.8, 4) is 5.75 Å². The molecular weight excluding hydrogens is 323 g/mol. The molecule has 1 amide bonds. The monoisotopic (exact) mass is 344 g/mol. The van der Waals surface area contributed by atoms with Crippen LogP contribution in [0.2, 0.25) is 0 Å². The number of aromatic hydroxyl groups is 1. The minimum atomic E-state index is -0.687. The third-order valence-corrected chi connectivity index (χ3v) is 3.86. The first-order valence-corrected chi connectivity index (χ1v) is 7.78. The summed E-state index contributed by atoms with van der Waals surface area (Å²) in [5, 5.41) is 9.28. The van der Waals surface area contributed by atoms with Gasteiger partial charge in [-0.1, -0.05) is 12.1 Å². The SMILES string of the molecule is CN(CC(=O)c1ccc(O)cc1)C(=O)C(c1cccc(F)c1)N(C)C. The van der Waals surface area contributed by atoms with Crippen LogP contribution in [0, 0.1) is 5.82 Å². The van der Waals surface area contributed by atoms with Crippen LogP contribution in [0.15, 0.2) is 48.5 Å². The molecule has 25 heavy (non-hydrogen) atoms. The molecule has 0 spiro atoms.